The standard InChI is InChI=1S/C17H28O2.C14H24O2.2C13H24O2.C12H20O2.C11H20O2.C10H18O2.2C8H16O2.6C2H6/c1-11(2)15(18)19-16(3,4)17-8-12-5-13(9-17)7-14(6-12)10-17;1-9(2)13(15)16-14(3,4)12-8-10-5-6-11(12)7-10;2*1-10(2)12(14)15-13(3,4)11-8-6-5-7-9-11;1-8(2)11(13)14-12(3)7-9-4-5-10(12)6-9;1-9(2)10(12)13-11(3)7-5-4-6-8-11;1-8(2)9(11)12-10(3)6-4-5-7-10;2*1-6(2)7(9)10-8(3,4)5;6*1-2/h11-14H,5-10H2,1-4H3;9-12H,5-8H2,1-4H3;2*10-11H,5-9H2,1-4H3;8-10H,4-7H2,1-3H3;9H,4-8H2,1-3H3;8H,4-7H2,1-3H3;2*6H,1-5H3;6*1-2H3. The van der Waals surface area contributed by atoms with Crippen LogP contribution in [0.4, 0.5) is 0 Å². The monoisotopic (exact) mass is 1930 g/mol. The van der Waals surface area contributed by atoms with Crippen LogP contribution in [0.5, 0.6) is 0 Å². The van der Waals surface area contributed by atoms with Crippen LogP contribution >= 0.6 is 0 Å². The number of carbonyl (C=O) groups excluding carboxylic acids is 9. The molecule has 0 aromatic heterocycles. The minimum Gasteiger partial charge on any atom is -0.460 e. The quantitative estimate of drug-likeness (QED) is 0.0813. The van der Waals surface area contributed by atoms with Crippen molar-refractivity contribution in [2.24, 2.45) is 118 Å². The minimum atomic E-state index is -0.346. The highest BCUT2D eigenvalue weighted by Crippen LogP contribution is 2.65. The maximum absolute atomic E-state index is 12.0. The van der Waals surface area contributed by atoms with Crippen LogP contribution in [0.15, 0.2) is 0 Å². The number of carbonyl (C=O) groups is 9. The third-order valence-electron chi connectivity index (χ3n) is 28.3. The number of ether oxygens (including phenoxy) is 9. The summed E-state index contributed by atoms with van der Waals surface area (Å²) in [4.78, 5) is 103. The summed E-state index contributed by atoms with van der Waals surface area (Å²) in [6.45, 7) is 92.0. The molecule has 0 amide bonds. The van der Waals surface area contributed by atoms with Crippen LogP contribution in [0.1, 0.15) is 537 Å². The predicted molar refractivity (Wildman–Crippen MR) is 567 cm³/mol. The first-order valence-electron chi connectivity index (χ1n) is 55.9. The zero-order chi connectivity index (χ0) is 107. The van der Waals surface area contributed by atoms with Crippen molar-refractivity contribution in [1.82, 2.24) is 0 Å². The molecule has 12 saturated carbocycles. The lowest BCUT2D eigenvalue weighted by atomic mass is 9.46. The van der Waals surface area contributed by atoms with Gasteiger partial charge in [-0.3, -0.25) is 43.2 Å². The van der Waals surface area contributed by atoms with Gasteiger partial charge >= 0.3 is 53.7 Å². The van der Waals surface area contributed by atoms with Gasteiger partial charge in [-0.15, -0.1) is 0 Å². The topological polar surface area (TPSA) is 237 Å². The van der Waals surface area contributed by atoms with Gasteiger partial charge in [0, 0.05) is 11.3 Å². The van der Waals surface area contributed by atoms with E-state index in [1.54, 1.807) is 0 Å². The smallest absolute Gasteiger partial charge is 0.308 e. The van der Waals surface area contributed by atoms with E-state index in [-0.39, 0.29) is 163 Å². The van der Waals surface area contributed by atoms with Gasteiger partial charge in [0.25, 0.3) is 0 Å². The Morgan fingerprint density at radius 3 is 0.765 bits per heavy atom. The Kier molecular flexibility index (Phi) is 66.9. The fraction of sp³-hybridized carbons (Fsp3) is 0.924. The molecule has 18 nitrogen and oxygen atoms in total. The van der Waals surface area contributed by atoms with Crippen molar-refractivity contribution >= 4 is 53.7 Å². The fourth-order valence-electron chi connectivity index (χ4n) is 20.6. The summed E-state index contributed by atoms with van der Waals surface area (Å²) >= 11 is 0. The molecule has 12 fully saturated rings. The van der Waals surface area contributed by atoms with Gasteiger partial charge in [-0.05, 0) is 331 Å². The molecule has 8 bridgehead atoms. The zero-order valence-electron chi connectivity index (χ0n) is 98.2. The second kappa shape index (κ2) is 66.2. The van der Waals surface area contributed by atoms with Gasteiger partial charge < -0.3 is 42.6 Å². The van der Waals surface area contributed by atoms with E-state index in [9.17, 15) is 43.2 Å². The molecule has 0 radical (unpaired) electrons. The van der Waals surface area contributed by atoms with Crippen LogP contribution < -0.4 is 0 Å². The lowest BCUT2D eigenvalue weighted by molar-refractivity contribution is -0.201. The molecular weight excluding hydrogens is 1710 g/mol. The van der Waals surface area contributed by atoms with E-state index in [0.29, 0.717) is 23.7 Å². The van der Waals surface area contributed by atoms with Crippen LogP contribution in [0, 0.1) is 118 Å². The Morgan fingerprint density at radius 1 is 0.250 bits per heavy atom. The van der Waals surface area contributed by atoms with E-state index in [0.717, 1.165) is 67.6 Å². The van der Waals surface area contributed by atoms with Crippen molar-refractivity contribution in [2.75, 3.05) is 0 Å². The van der Waals surface area contributed by atoms with E-state index in [4.69, 9.17) is 42.6 Å². The molecule has 12 aliphatic rings. The number of fused-ring (bicyclic) bond motifs is 4. The lowest BCUT2D eigenvalue weighted by Crippen LogP contribution is -2.57. The van der Waals surface area contributed by atoms with Crippen LogP contribution in [0.2, 0.25) is 0 Å². The van der Waals surface area contributed by atoms with E-state index in [1.165, 1.54) is 180 Å². The highest BCUT2D eigenvalue weighted by Gasteiger charge is 2.59. The molecule has 0 aliphatic heterocycles. The molecule has 12 aliphatic carbocycles. The normalized spacial score (nSPS) is 24.0. The molecular formula is C118H226O18. The average Bonchev–Trinajstić information content (AvgIpc) is 0.925. The van der Waals surface area contributed by atoms with E-state index in [2.05, 4.69) is 69.2 Å². The summed E-state index contributed by atoms with van der Waals surface area (Å²) in [6.07, 6.45) is 41.4. The molecule has 136 heavy (non-hydrogen) atoms. The molecule has 18 heteroatoms. The highest BCUT2D eigenvalue weighted by atomic mass is 16.6. The molecule has 0 N–H and O–H groups in total. The third-order valence-corrected chi connectivity index (χ3v) is 28.3. The average molecular weight is 1930 g/mol. The van der Waals surface area contributed by atoms with Crippen molar-refractivity contribution in [3.05, 3.63) is 0 Å². The molecule has 12 rings (SSSR count). The largest absolute Gasteiger partial charge is 0.460 e. The van der Waals surface area contributed by atoms with E-state index >= 15 is 0 Å². The molecule has 0 aromatic carbocycles. The number of hydrogen-bond acceptors (Lipinski definition) is 18. The molecule has 806 valence electrons. The maximum atomic E-state index is 12.0. The Hall–Kier alpha value is -4.77. The summed E-state index contributed by atoms with van der Waals surface area (Å²) in [5.74, 6) is 6.85. The lowest BCUT2D eigenvalue weighted by Gasteiger charge is -2.61. The molecule has 6 unspecified atom stereocenters. The molecule has 0 heterocycles. The van der Waals surface area contributed by atoms with Gasteiger partial charge in [0.05, 0.1) is 53.3 Å². The van der Waals surface area contributed by atoms with Gasteiger partial charge in [-0.1, -0.05) is 259 Å². The first kappa shape index (κ1) is 137. The predicted octanol–water partition coefficient (Wildman–Crippen LogP) is 33.0. The Morgan fingerprint density at radius 2 is 0.515 bits per heavy atom. The number of hydrogen-bond donors (Lipinski definition) is 0. The van der Waals surface area contributed by atoms with Gasteiger partial charge in [0.15, 0.2) is 0 Å². The Bertz CT molecular complexity index is 3140. The van der Waals surface area contributed by atoms with Gasteiger partial charge in [0.1, 0.15) is 50.4 Å². The first-order chi connectivity index (χ1) is 62.8. The number of rotatable bonds is 20. The van der Waals surface area contributed by atoms with E-state index < -0.39 is 0 Å². The third kappa shape index (κ3) is 52.0. The zero-order valence-corrected chi connectivity index (χ0v) is 98.2. The summed E-state index contributed by atoms with van der Waals surface area (Å²) in [6, 6.07) is 0. The second-order valence-corrected chi connectivity index (χ2v) is 47.4. The molecule has 0 saturated heterocycles. The van der Waals surface area contributed by atoms with Crippen LogP contribution in [-0.2, 0) is 85.8 Å². The second-order valence-electron chi connectivity index (χ2n) is 47.4. The molecule has 6 atom stereocenters. The van der Waals surface area contributed by atoms with Crippen molar-refractivity contribution in [3.8, 4) is 0 Å². The summed E-state index contributed by atoms with van der Waals surface area (Å²) in [5, 5.41) is 0. The Labute approximate surface area is 840 Å². The first-order valence-corrected chi connectivity index (χ1v) is 55.9. The SMILES string of the molecule is CC.CC.CC.CC.CC.CC.CC(C)C(=O)OC(C)(C)C.CC(C)C(=O)OC(C)(C)C.CC(C)C(=O)OC(C)(C)C12CC3CC(CC(C3)C1)C2.CC(C)C(=O)OC(C)(C)C1CC2CCC1C2.CC(C)C(=O)OC(C)(C)C1CCCCC1.CC(C)C(=O)OC(C)(C)C1CCCCC1.CC(C)C(=O)OC1(C)CC2CCC1C2.CC(C)C(=O)OC1(C)CCCC1.CC(C)C(=O)OC1(C)CCCCC1. The van der Waals surface area contributed by atoms with Gasteiger partial charge in [-0.25, -0.2) is 0 Å². The summed E-state index contributed by atoms with van der Waals surface area (Å²) < 4.78 is 49.5. The van der Waals surface area contributed by atoms with Crippen molar-refractivity contribution in [1.29, 1.82) is 0 Å². The van der Waals surface area contributed by atoms with Crippen LogP contribution in [0.3, 0.4) is 0 Å². The van der Waals surface area contributed by atoms with Gasteiger partial charge in [-0.2, -0.15) is 0 Å². The van der Waals surface area contributed by atoms with Crippen molar-refractivity contribution in [2.45, 2.75) is 588 Å². The highest BCUT2D eigenvalue weighted by molar-refractivity contribution is 5.75. The van der Waals surface area contributed by atoms with Crippen molar-refractivity contribution < 1.29 is 85.8 Å². The maximum Gasteiger partial charge on any atom is 0.308 e. The Balaban J connectivity index is -0.000000714. The van der Waals surface area contributed by atoms with Crippen molar-refractivity contribution in [3.63, 3.8) is 0 Å². The van der Waals surface area contributed by atoms with Crippen LogP contribution in [-0.4, -0.2) is 104 Å². The van der Waals surface area contributed by atoms with E-state index in [1.807, 2.05) is 256 Å². The fourth-order valence-corrected chi connectivity index (χ4v) is 20.6. The minimum absolute atomic E-state index is 0.00116. The summed E-state index contributed by atoms with van der Waals surface area (Å²) in [7, 11) is 0. The summed E-state index contributed by atoms with van der Waals surface area (Å²) in [5.41, 5.74) is -1.98. The molecule has 0 aromatic rings. The van der Waals surface area contributed by atoms with Gasteiger partial charge in [0.2, 0.25) is 0 Å². The van der Waals surface area contributed by atoms with Crippen LogP contribution in [0.25, 0.3) is 0 Å². The number of esters is 9. The molecule has 0 spiro atoms.